The van der Waals surface area contributed by atoms with Gasteiger partial charge >= 0.3 is 0 Å². The molecule has 3 heterocycles. The Balaban J connectivity index is 1.66. The van der Waals surface area contributed by atoms with E-state index in [9.17, 15) is 9.90 Å². The SMILES string of the molecule is C[Si](C)(C)CCOCn1ccc2c1ncc1c(=O)ncn(C3CCC(CO)CC3)c12. The minimum Gasteiger partial charge on any atom is -0.396 e. The third kappa shape index (κ3) is 4.35. The third-order valence-corrected chi connectivity index (χ3v) is 7.95. The number of fused-ring (bicyclic) bond motifs is 3. The Kier molecular flexibility index (Phi) is 6.08. The monoisotopic (exact) mass is 428 g/mol. The smallest absolute Gasteiger partial charge is 0.282 e. The Labute approximate surface area is 177 Å². The molecule has 0 bridgehead atoms. The molecule has 0 saturated heterocycles. The van der Waals surface area contributed by atoms with Crippen molar-refractivity contribution in [3.8, 4) is 0 Å². The number of rotatable bonds is 7. The lowest BCUT2D eigenvalue weighted by Gasteiger charge is -2.30. The van der Waals surface area contributed by atoms with Crippen molar-refractivity contribution < 1.29 is 9.84 Å². The van der Waals surface area contributed by atoms with Gasteiger partial charge in [0, 0.05) is 45.1 Å². The number of aliphatic hydroxyl groups excluding tert-OH is 1. The minimum atomic E-state index is -1.12. The molecule has 1 N–H and O–H groups in total. The van der Waals surface area contributed by atoms with E-state index in [2.05, 4.69) is 34.2 Å². The maximum Gasteiger partial charge on any atom is 0.282 e. The van der Waals surface area contributed by atoms with Crippen LogP contribution in [0.4, 0.5) is 0 Å². The average molecular weight is 429 g/mol. The average Bonchev–Trinajstić information content (AvgIpc) is 3.14. The van der Waals surface area contributed by atoms with Crippen LogP contribution in [0.5, 0.6) is 0 Å². The molecule has 0 radical (unpaired) electrons. The van der Waals surface area contributed by atoms with Crippen LogP contribution in [0.25, 0.3) is 21.9 Å². The van der Waals surface area contributed by atoms with E-state index in [1.165, 1.54) is 0 Å². The first kappa shape index (κ1) is 21.2. The number of aromatic nitrogens is 4. The molecular formula is C22H32N4O3Si. The molecule has 3 aromatic heterocycles. The Morgan fingerprint density at radius 1 is 1.17 bits per heavy atom. The van der Waals surface area contributed by atoms with Gasteiger partial charge < -0.3 is 19.0 Å². The van der Waals surface area contributed by atoms with Crippen molar-refractivity contribution in [2.75, 3.05) is 13.2 Å². The van der Waals surface area contributed by atoms with Crippen LogP contribution in [-0.4, -0.2) is 45.5 Å². The van der Waals surface area contributed by atoms with Crippen LogP contribution < -0.4 is 5.56 Å². The van der Waals surface area contributed by atoms with E-state index >= 15 is 0 Å². The first-order valence-corrected chi connectivity index (χ1v) is 14.6. The predicted molar refractivity (Wildman–Crippen MR) is 121 cm³/mol. The topological polar surface area (TPSA) is 82.2 Å². The van der Waals surface area contributed by atoms with Crippen LogP contribution in [0.2, 0.25) is 25.7 Å². The van der Waals surface area contributed by atoms with E-state index in [1.807, 2.05) is 16.8 Å². The van der Waals surface area contributed by atoms with Crippen LogP contribution in [0, 0.1) is 5.92 Å². The normalized spacial score (nSPS) is 20.3. The number of ether oxygens (including phenoxy) is 1. The highest BCUT2D eigenvalue weighted by atomic mass is 28.3. The van der Waals surface area contributed by atoms with Gasteiger partial charge in [-0.1, -0.05) is 19.6 Å². The van der Waals surface area contributed by atoms with E-state index in [4.69, 9.17) is 4.74 Å². The second-order valence-electron chi connectivity index (χ2n) is 9.71. The highest BCUT2D eigenvalue weighted by Gasteiger charge is 2.24. The third-order valence-electron chi connectivity index (χ3n) is 6.24. The van der Waals surface area contributed by atoms with Crippen molar-refractivity contribution in [1.82, 2.24) is 19.1 Å². The molecule has 7 nitrogen and oxygen atoms in total. The summed E-state index contributed by atoms with van der Waals surface area (Å²) in [7, 11) is -1.12. The fourth-order valence-corrected chi connectivity index (χ4v) is 5.09. The number of nitrogens with zero attached hydrogens (tertiary/aromatic N) is 4. The summed E-state index contributed by atoms with van der Waals surface area (Å²) in [5, 5.41) is 11.0. The molecule has 1 aliphatic rings. The summed E-state index contributed by atoms with van der Waals surface area (Å²) in [6, 6.07) is 3.44. The molecule has 0 aromatic carbocycles. The predicted octanol–water partition coefficient (Wildman–Crippen LogP) is 3.78. The van der Waals surface area contributed by atoms with Crippen LogP contribution in [-0.2, 0) is 11.5 Å². The number of pyridine rings is 1. The van der Waals surface area contributed by atoms with Gasteiger partial charge in [-0.2, -0.15) is 4.98 Å². The van der Waals surface area contributed by atoms with Crippen LogP contribution in [0.1, 0.15) is 31.7 Å². The van der Waals surface area contributed by atoms with Crippen LogP contribution >= 0.6 is 0 Å². The van der Waals surface area contributed by atoms with E-state index in [1.54, 1.807) is 12.5 Å². The second kappa shape index (κ2) is 8.61. The van der Waals surface area contributed by atoms with Crippen molar-refractivity contribution in [1.29, 1.82) is 0 Å². The second-order valence-corrected chi connectivity index (χ2v) is 15.3. The highest BCUT2D eigenvalue weighted by molar-refractivity contribution is 6.76. The zero-order chi connectivity index (χ0) is 21.3. The Bertz CT molecular complexity index is 1080. The molecule has 0 spiro atoms. The van der Waals surface area contributed by atoms with E-state index in [0.29, 0.717) is 18.0 Å². The summed E-state index contributed by atoms with van der Waals surface area (Å²) in [6.45, 7) is 8.50. The number of aliphatic hydroxyl groups is 1. The zero-order valence-electron chi connectivity index (χ0n) is 18.2. The van der Waals surface area contributed by atoms with Gasteiger partial charge in [-0.05, 0) is 43.7 Å². The number of hydrogen-bond acceptors (Lipinski definition) is 5. The molecule has 8 heteroatoms. The lowest BCUT2D eigenvalue weighted by molar-refractivity contribution is 0.0899. The maximum absolute atomic E-state index is 12.4. The first-order valence-electron chi connectivity index (χ1n) is 10.9. The molecular weight excluding hydrogens is 396 g/mol. The van der Waals surface area contributed by atoms with Crippen molar-refractivity contribution in [2.24, 2.45) is 5.92 Å². The summed E-state index contributed by atoms with van der Waals surface area (Å²) in [5.74, 6) is 0.385. The Morgan fingerprint density at radius 3 is 2.63 bits per heavy atom. The van der Waals surface area contributed by atoms with Gasteiger partial charge in [0.2, 0.25) is 0 Å². The molecule has 1 saturated carbocycles. The highest BCUT2D eigenvalue weighted by Crippen LogP contribution is 2.34. The van der Waals surface area contributed by atoms with E-state index in [0.717, 1.165) is 54.9 Å². The lowest BCUT2D eigenvalue weighted by atomic mass is 9.86. The van der Waals surface area contributed by atoms with Crippen molar-refractivity contribution in [3.05, 3.63) is 35.1 Å². The molecule has 0 atom stereocenters. The van der Waals surface area contributed by atoms with Gasteiger partial charge in [0.05, 0.1) is 17.2 Å². The molecule has 3 aromatic rings. The molecule has 30 heavy (non-hydrogen) atoms. The molecule has 162 valence electrons. The van der Waals surface area contributed by atoms with E-state index in [-0.39, 0.29) is 18.2 Å². The Hall–Kier alpha value is -2.03. The minimum absolute atomic E-state index is 0.237. The van der Waals surface area contributed by atoms with Gasteiger partial charge in [0.15, 0.2) is 0 Å². The standard InChI is InChI=1S/C22H32N4O3Si/c1-30(2,3)11-10-29-15-25-9-8-18-20-19(12-23-21(18)25)22(28)24-14-26(20)17-6-4-16(13-27)5-7-17/h8-9,12,14,16-17,27H,4-7,10-11,13,15H2,1-3H3. The van der Waals surface area contributed by atoms with Gasteiger partial charge in [0.1, 0.15) is 12.4 Å². The molecule has 0 unspecified atom stereocenters. The van der Waals surface area contributed by atoms with Crippen LogP contribution in [0.15, 0.2) is 29.6 Å². The summed E-state index contributed by atoms with van der Waals surface area (Å²) in [6.07, 6.45) is 9.29. The van der Waals surface area contributed by atoms with Gasteiger partial charge in [-0.3, -0.25) is 4.79 Å². The van der Waals surface area contributed by atoms with Gasteiger partial charge in [-0.15, -0.1) is 0 Å². The molecule has 1 aliphatic carbocycles. The van der Waals surface area contributed by atoms with Crippen LogP contribution in [0.3, 0.4) is 0 Å². The Morgan fingerprint density at radius 2 is 1.93 bits per heavy atom. The van der Waals surface area contributed by atoms with E-state index < -0.39 is 8.07 Å². The molecule has 0 amide bonds. The van der Waals surface area contributed by atoms with Gasteiger partial charge in [0.25, 0.3) is 5.56 Å². The molecule has 4 rings (SSSR count). The molecule has 1 fully saturated rings. The summed E-state index contributed by atoms with van der Waals surface area (Å²) >= 11 is 0. The number of hydrogen-bond donors (Lipinski definition) is 1. The molecule has 0 aliphatic heterocycles. The van der Waals surface area contributed by atoms with Gasteiger partial charge in [-0.25, -0.2) is 4.98 Å². The maximum atomic E-state index is 12.4. The summed E-state index contributed by atoms with van der Waals surface area (Å²) in [4.78, 5) is 21.1. The summed E-state index contributed by atoms with van der Waals surface area (Å²) < 4.78 is 10.1. The fourth-order valence-electron chi connectivity index (χ4n) is 4.33. The first-order chi connectivity index (χ1) is 14.4. The van der Waals surface area contributed by atoms with Crippen molar-refractivity contribution in [3.63, 3.8) is 0 Å². The lowest BCUT2D eigenvalue weighted by Crippen LogP contribution is -2.23. The summed E-state index contributed by atoms with van der Waals surface area (Å²) in [5.41, 5.74) is 1.51. The van der Waals surface area contributed by atoms with Crippen molar-refractivity contribution in [2.45, 2.75) is 64.1 Å². The largest absolute Gasteiger partial charge is 0.396 e. The zero-order valence-corrected chi connectivity index (χ0v) is 19.2. The fraction of sp³-hybridized carbons (Fsp3) is 0.591. The van der Waals surface area contributed by atoms with Crippen molar-refractivity contribution >= 4 is 30.0 Å². The quantitative estimate of drug-likeness (QED) is 0.457.